The van der Waals surface area contributed by atoms with Crippen molar-refractivity contribution in [3.63, 3.8) is 0 Å². The smallest absolute Gasteiger partial charge is 0.246 e. The lowest BCUT2D eigenvalue weighted by Gasteiger charge is -2.34. The number of halogens is 1. The van der Waals surface area contributed by atoms with Gasteiger partial charge in [0.15, 0.2) is 0 Å². The molecule has 1 aliphatic carbocycles. The molecule has 3 nitrogen and oxygen atoms in total. The molecule has 2 rings (SSSR count). The molecule has 1 aliphatic rings. The molecular formula is C16H20ClNO2. The summed E-state index contributed by atoms with van der Waals surface area (Å²) in [5, 5.41) is 10.6. The Kier molecular flexibility index (Phi) is 5.21. The molecule has 0 aliphatic heterocycles. The Labute approximate surface area is 124 Å². The fourth-order valence-corrected chi connectivity index (χ4v) is 2.80. The van der Waals surface area contributed by atoms with E-state index in [0.29, 0.717) is 5.02 Å². The maximum Gasteiger partial charge on any atom is 0.246 e. The van der Waals surface area contributed by atoms with E-state index in [1.165, 1.54) is 6.08 Å². The van der Waals surface area contributed by atoms with Gasteiger partial charge in [-0.2, -0.15) is 0 Å². The van der Waals surface area contributed by atoms with Crippen molar-refractivity contribution < 1.29 is 9.90 Å². The number of rotatable bonds is 3. The van der Waals surface area contributed by atoms with E-state index in [9.17, 15) is 9.90 Å². The van der Waals surface area contributed by atoms with Gasteiger partial charge in [0.25, 0.3) is 0 Å². The highest BCUT2D eigenvalue weighted by atomic mass is 35.5. The van der Waals surface area contributed by atoms with Gasteiger partial charge in [-0.15, -0.1) is 0 Å². The molecule has 0 heterocycles. The first-order chi connectivity index (χ1) is 9.58. The van der Waals surface area contributed by atoms with Crippen molar-refractivity contribution in [2.45, 2.75) is 37.8 Å². The molecule has 0 aromatic heterocycles. The fourth-order valence-electron chi connectivity index (χ4n) is 2.60. The van der Waals surface area contributed by atoms with E-state index in [1.54, 1.807) is 30.2 Å². The standard InChI is InChI=1S/C16H20ClNO2/c1-18(14-7-2-3-8-15(14)19)16(20)10-9-12-5-4-6-13(17)11-12/h4-6,9-11,14-15,19H,2-3,7-8H2,1H3/b10-9+. The van der Waals surface area contributed by atoms with Crippen molar-refractivity contribution in [2.24, 2.45) is 0 Å². The zero-order chi connectivity index (χ0) is 14.5. The molecule has 0 radical (unpaired) electrons. The summed E-state index contributed by atoms with van der Waals surface area (Å²) >= 11 is 5.90. The van der Waals surface area contributed by atoms with Gasteiger partial charge < -0.3 is 10.0 Å². The van der Waals surface area contributed by atoms with Gasteiger partial charge in [-0.1, -0.05) is 36.6 Å². The van der Waals surface area contributed by atoms with Gasteiger partial charge >= 0.3 is 0 Å². The Morgan fingerprint density at radius 3 is 2.85 bits per heavy atom. The number of hydrogen-bond donors (Lipinski definition) is 1. The summed E-state index contributed by atoms with van der Waals surface area (Å²) in [6.07, 6.45) is 6.63. The number of likely N-dealkylation sites (N-methyl/N-ethyl adjacent to an activating group) is 1. The second kappa shape index (κ2) is 6.91. The van der Waals surface area contributed by atoms with Crippen LogP contribution in [0.4, 0.5) is 0 Å². The van der Waals surface area contributed by atoms with Crippen LogP contribution in [-0.4, -0.2) is 35.1 Å². The lowest BCUT2D eigenvalue weighted by Crippen LogP contribution is -2.45. The Morgan fingerprint density at radius 2 is 2.15 bits per heavy atom. The monoisotopic (exact) mass is 293 g/mol. The minimum absolute atomic E-state index is 0.0692. The second-order valence-corrected chi connectivity index (χ2v) is 5.69. The zero-order valence-electron chi connectivity index (χ0n) is 11.6. The summed E-state index contributed by atoms with van der Waals surface area (Å²) in [4.78, 5) is 13.8. The van der Waals surface area contributed by atoms with Crippen LogP contribution in [0.2, 0.25) is 5.02 Å². The average molecular weight is 294 g/mol. The molecule has 1 aromatic carbocycles. The van der Waals surface area contributed by atoms with E-state index >= 15 is 0 Å². The summed E-state index contributed by atoms with van der Waals surface area (Å²) in [5.41, 5.74) is 0.892. The van der Waals surface area contributed by atoms with Crippen molar-refractivity contribution in [3.8, 4) is 0 Å². The molecule has 2 unspecified atom stereocenters. The topological polar surface area (TPSA) is 40.5 Å². The summed E-state index contributed by atoms with van der Waals surface area (Å²) in [6, 6.07) is 7.28. The number of benzene rings is 1. The molecule has 1 N–H and O–H groups in total. The number of carbonyl (C=O) groups excluding carboxylic acids is 1. The third kappa shape index (κ3) is 3.84. The molecule has 20 heavy (non-hydrogen) atoms. The van der Waals surface area contributed by atoms with E-state index in [4.69, 9.17) is 11.6 Å². The zero-order valence-corrected chi connectivity index (χ0v) is 12.4. The third-order valence-corrected chi connectivity index (χ3v) is 4.04. The largest absolute Gasteiger partial charge is 0.391 e. The summed E-state index contributed by atoms with van der Waals surface area (Å²) in [5.74, 6) is -0.0871. The molecule has 1 amide bonds. The fraction of sp³-hybridized carbons (Fsp3) is 0.438. The van der Waals surface area contributed by atoms with Crippen LogP contribution in [0.15, 0.2) is 30.3 Å². The number of hydrogen-bond acceptors (Lipinski definition) is 2. The van der Waals surface area contributed by atoms with Crippen molar-refractivity contribution in [2.75, 3.05) is 7.05 Å². The molecule has 1 saturated carbocycles. The Morgan fingerprint density at radius 1 is 1.40 bits per heavy atom. The molecule has 1 aromatic rings. The average Bonchev–Trinajstić information content (AvgIpc) is 2.44. The molecule has 1 fully saturated rings. The van der Waals surface area contributed by atoms with E-state index in [2.05, 4.69) is 0 Å². The van der Waals surface area contributed by atoms with E-state index in [-0.39, 0.29) is 11.9 Å². The number of aliphatic hydroxyl groups excluding tert-OH is 1. The Balaban J connectivity index is 2.00. The van der Waals surface area contributed by atoms with Crippen LogP contribution in [0.25, 0.3) is 6.08 Å². The second-order valence-electron chi connectivity index (χ2n) is 5.26. The van der Waals surface area contributed by atoms with E-state index < -0.39 is 6.10 Å². The van der Waals surface area contributed by atoms with Crippen molar-refractivity contribution in [1.29, 1.82) is 0 Å². The predicted octanol–water partition coefficient (Wildman–Crippen LogP) is 3.12. The summed E-state index contributed by atoms with van der Waals surface area (Å²) in [7, 11) is 1.75. The van der Waals surface area contributed by atoms with Gasteiger partial charge in [-0.05, 0) is 36.6 Å². The third-order valence-electron chi connectivity index (χ3n) is 3.81. The maximum atomic E-state index is 12.1. The Bertz CT molecular complexity index is 501. The first-order valence-corrected chi connectivity index (χ1v) is 7.34. The van der Waals surface area contributed by atoms with Crippen LogP contribution in [-0.2, 0) is 4.79 Å². The van der Waals surface area contributed by atoms with E-state index in [1.807, 2.05) is 12.1 Å². The lowest BCUT2D eigenvalue weighted by molar-refractivity contribution is -0.130. The molecule has 2 atom stereocenters. The summed E-state index contributed by atoms with van der Waals surface area (Å²) < 4.78 is 0. The molecule has 4 heteroatoms. The van der Waals surface area contributed by atoms with Crippen LogP contribution in [0.1, 0.15) is 31.2 Å². The minimum Gasteiger partial charge on any atom is -0.391 e. The first-order valence-electron chi connectivity index (χ1n) is 6.96. The van der Waals surface area contributed by atoms with Crippen molar-refractivity contribution >= 4 is 23.6 Å². The number of amides is 1. The number of nitrogens with zero attached hydrogens (tertiary/aromatic N) is 1. The lowest BCUT2D eigenvalue weighted by atomic mass is 9.91. The van der Waals surface area contributed by atoms with Gasteiger partial charge in [0.1, 0.15) is 0 Å². The quantitative estimate of drug-likeness (QED) is 0.870. The molecule has 0 bridgehead atoms. The first kappa shape index (κ1) is 15.1. The highest BCUT2D eigenvalue weighted by molar-refractivity contribution is 6.30. The van der Waals surface area contributed by atoms with Gasteiger partial charge in [0, 0.05) is 18.1 Å². The van der Waals surface area contributed by atoms with Crippen molar-refractivity contribution in [3.05, 3.63) is 40.9 Å². The molecule has 0 spiro atoms. The van der Waals surface area contributed by atoms with E-state index in [0.717, 1.165) is 31.2 Å². The van der Waals surface area contributed by atoms with Crippen molar-refractivity contribution in [1.82, 2.24) is 4.90 Å². The minimum atomic E-state index is -0.405. The molecular weight excluding hydrogens is 274 g/mol. The van der Waals surface area contributed by atoms with Crippen LogP contribution in [0.5, 0.6) is 0 Å². The van der Waals surface area contributed by atoms with Crippen LogP contribution >= 0.6 is 11.6 Å². The predicted molar refractivity (Wildman–Crippen MR) is 81.5 cm³/mol. The van der Waals surface area contributed by atoms with Gasteiger partial charge in [-0.3, -0.25) is 4.79 Å². The molecule has 108 valence electrons. The number of aliphatic hydroxyl groups is 1. The maximum absolute atomic E-state index is 12.1. The van der Waals surface area contributed by atoms with Gasteiger partial charge in [0.05, 0.1) is 12.1 Å². The van der Waals surface area contributed by atoms with Gasteiger partial charge in [0.2, 0.25) is 5.91 Å². The highest BCUT2D eigenvalue weighted by Gasteiger charge is 2.28. The Hall–Kier alpha value is -1.32. The summed E-state index contributed by atoms with van der Waals surface area (Å²) in [6.45, 7) is 0. The highest BCUT2D eigenvalue weighted by Crippen LogP contribution is 2.22. The van der Waals surface area contributed by atoms with Crippen LogP contribution < -0.4 is 0 Å². The van der Waals surface area contributed by atoms with Crippen LogP contribution in [0, 0.1) is 0 Å². The van der Waals surface area contributed by atoms with Gasteiger partial charge in [-0.25, -0.2) is 0 Å². The normalized spacial score (nSPS) is 22.9. The number of carbonyl (C=O) groups is 1. The SMILES string of the molecule is CN(C(=O)/C=C/c1cccc(Cl)c1)C1CCCCC1O. The van der Waals surface area contributed by atoms with Crippen LogP contribution in [0.3, 0.4) is 0 Å². The molecule has 0 saturated heterocycles.